The molecular weight excluding hydrogens is 370 g/mol. The molecule has 0 aliphatic rings. The maximum absolute atomic E-state index is 12.9. The number of halogens is 5. The predicted molar refractivity (Wildman–Crippen MR) is 81.9 cm³/mol. The first-order chi connectivity index (χ1) is 11.1. The Kier molecular flexibility index (Phi) is 5.14. The van der Waals surface area contributed by atoms with Gasteiger partial charge in [0, 0.05) is 20.6 Å². The molecule has 2 aromatic heterocycles. The lowest BCUT2D eigenvalue weighted by Crippen LogP contribution is -2.28. The summed E-state index contributed by atoms with van der Waals surface area (Å²) < 4.78 is 41.0. The van der Waals surface area contributed by atoms with Crippen LogP contribution in [0.2, 0.25) is 10.0 Å². The minimum atomic E-state index is -4.71. The molecule has 0 saturated carbocycles. The van der Waals surface area contributed by atoms with Crippen LogP contribution < -0.4 is 0 Å². The maximum Gasteiger partial charge on any atom is 0.434 e. The third-order valence-electron chi connectivity index (χ3n) is 3.39. The van der Waals surface area contributed by atoms with Crippen LogP contribution in [-0.4, -0.2) is 37.4 Å². The molecule has 0 aliphatic heterocycles. The van der Waals surface area contributed by atoms with Crippen molar-refractivity contribution < 1.29 is 18.0 Å². The molecule has 0 fully saturated rings. The van der Waals surface area contributed by atoms with Gasteiger partial charge in [0.2, 0.25) is 0 Å². The number of aryl methyl sites for hydroxylation is 2. The number of nitrogens with zero attached hydrogens (tertiary/aromatic N) is 5. The zero-order chi connectivity index (χ0) is 18.2. The Hall–Kier alpha value is -1.74. The van der Waals surface area contributed by atoms with Gasteiger partial charge in [-0.3, -0.25) is 14.2 Å². The van der Waals surface area contributed by atoms with Gasteiger partial charge < -0.3 is 4.90 Å². The Labute approximate surface area is 145 Å². The van der Waals surface area contributed by atoms with Crippen LogP contribution in [0.25, 0.3) is 0 Å². The highest BCUT2D eigenvalue weighted by molar-refractivity contribution is 6.34. The Balaban J connectivity index is 2.31. The van der Waals surface area contributed by atoms with E-state index in [0.29, 0.717) is 21.9 Å². The highest BCUT2D eigenvalue weighted by Gasteiger charge is 2.40. The largest absolute Gasteiger partial charge is 0.434 e. The van der Waals surface area contributed by atoms with Gasteiger partial charge in [-0.15, -0.1) is 0 Å². The molecule has 0 aliphatic carbocycles. The van der Waals surface area contributed by atoms with Crippen molar-refractivity contribution in [1.29, 1.82) is 0 Å². The second-order valence-corrected chi connectivity index (χ2v) is 5.83. The number of rotatable bonds is 4. The molecule has 2 rings (SSSR count). The second-order valence-electron chi connectivity index (χ2n) is 5.05. The molecule has 0 spiro atoms. The van der Waals surface area contributed by atoms with Crippen LogP contribution in [-0.2, 0) is 26.3 Å². The number of amides is 1. The SMILES string of the molecule is CCn1ncc(Cl)c1CN(C)C(=O)c1nn(C)c(C(F)(F)F)c1Cl. The Morgan fingerprint density at radius 1 is 1.38 bits per heavy atom. The molecular formula is C13H14Cl2F3N5O. The van der Waals surface area contributed by atoms with E-state index in [1.54, 1.807) is 4.68 Å². The lowest BCUT2D eigenvalue weighted by Gasteiger charge is -2.17. The molecule has 1 amide bonds. The van der Waals surface area contributed by atoms with Gasteiger partial charge in [-0.1, -0.05) is 23.2 Å². The van der Waals surface area contributed by atoms with Gasteiger partial charge in [0.25, 0.3) is 5.91 Å². The Bertz CT molecular complexity index is 768. The molecule has 11 heteroatoms. The Morgan fingerprint density at radius 2 is 2.00 bits per heavy atom. The van der Waals surface area contributed by atoms with Crippen molar-refractivity contribution >= 4 is 29.1 Å². The molecule has 0 unspecified atom stereocenters. The van der Waals surface area contributed by atoms with Crippen molar-refractivity contribution in [3.8, 4) is 0 Å². The molecule has 0 saturated heterocycles. The van der Waals surface area contributed by atoms with Crippen LogP contribution in [0.15, 0.2) is 6.20 Å². The first-order valence-electron chi connectivity index (χ1n) is 6.83. The number of hydrogen-bond acceptors (Lipinski definition) is 3. The van der Waals surface area contributed by atoms with E-state index in [4.69, 9.17) is 23.2 Å². The van der Waals surface area contributed by atoms with Crippen molar-refractivity contribution in [3.63, 3.8) is 0 Å². The van der Waals surface area contributed by atoms with Gasteiger partial charge in [0.1, 0.15) is 5.02 Å². The van der Waals surface area contributed by atoms with E-state index in [2.05, 4.69) is 10.2 Å². The molecule has 132 valence electrons. The summed E-state index contributed by atoms with van der Waals surface area (Å²) in [5.41, 5.74) is -1.07. The van der Waals surface area contributed by atoms with Gasteiger partial charge in [-0.2, -0.15) is 23.4 Å². The molecule has 6 nitrogen and oxygen atoms in total. The first-order valence-corrected chi connectivity index (χ1v) is 7.58. The summed E-state index contributed by atoms with van der Waals surface area (Å²) in [5.74, 6) is -0.744. The zero-order valence-corrected chi connectivity index (χ0v) is 14.5. The quantitative estimate of drug-likeness (QED) is 0.814. The second kappa shape index (κ2) is 6.64. The molecule has 2 heterocycles. The number of hydrogen-bond donors (Lipinski definition) is 0. The monoisotopic (exact) mass is 383 g/mol. The van der Waals surface area contributed by atoms with E-state index in [0.717, 1.165) is 7.05 Å². The summed E-state index contributed by atoms with van der Waals surface area (Å²) >= 11 is 11.8. The van der Waals surface area contributed by atoms with E-state index in [-0.39, 0.29) is 6.54 Å². The predicted octanol–water partition coefficient (Wildman–Crippen LogP) is 3.23. The number of carbonyl (C=O) groups excluding carboxylic acids is 1. The van der Waals surface area contributed by atoms with E-state index in [1.165, 1.54) is 18.1 Å². The van der Waals surface area contributed by atoms with Gasteiger partial charge in [-0.25, -0.2) is 0 Å². The average Bonchev–Trinajstić information content (AvgIpc) is 2.98. The van der Waals surface area contributed by atoms with Crippen LogP contribution in [0, 0.1) is 0 Å². The average molecular weight is 384 g/mol. The van der Waals surface area contributed by atoms with Gasteiger partial charge in [0.05, 0.1) is 23.5 Å². The van der Waals surface area contributed by atoms with Crippen molar-refractivity contribution in [1.82, 2.24) is 24.5 Å². The van der Waals surface area contributed by atoms with Crippen molar-refractivity contribution in [2.45, 2.75) is 26.2 Å². The van der Waals surface area contributed by atoms with E-state index >= 15 is 0 Å². The summed E-state index contributed by atoms with van der Waals surface area (Å²) in [7, 11) is 2.50. The number of aromatic nitrogens is 4. The standard InChI is InChI=1S/C13H14Cl2F3N5O/c1-4-23-8(7(14)5-19-23)6-21(2)12(24)10-9(15)11(13(16,17)18)22(3)20-10/h5H,4,6H2,1-3H3. The van der Waals surface area contributed by atoms with Gasteiger partial charge in [-0.05, 0) is 6.92 Å². The van der Waals surface area contributed by atoms with Crippen LogP contribution in [0.1, 0.15) is 28.8 Å². The van der Waals surface area contributed by atoms with Crippen molar-refractivity contribution in [3.05, 3.63) is 33.3 Å². The van der Waals surface area contributed by atoms with Crippen molar-refractivity contribution in [2.75, 3.05) is 7.05 Å². The van der Waals surface area contributed by atoms with Crippen LogP contribution in [0.3, 0.4) is 0 Å². The van der Waals surface area contributed by atoms with Crippen LogP contribution >= 0.6 is 23.2 Å². The van der Waals surface area contributed by atoms with Crippen molar-refractivity contribution in [2.24, 2.45) is 7.05 Å². The number of carbonyl (C=O) groups is 1. The van der Waals surface area contributed by atoms with E-state index < -0.39 is 28.5 Å². The van der Waals surface area contributed by atoms with Gasteiger partial charge in [0.15, 0.2) is 11.4 Å². The third kappa shape index (κ3) is 3.36. The topological polar surface area (TPSA) is 56.0 Å². The zero-order valence-electron chi connectivity index (χ0n) is 13.0. The summed E-state index contributed by atoms with van der Waals surface area (Å²) in [6.07, 6.45) is -3.27. The fraction of sp³-hybridized carbons (Fsp3) is 0.462. The lowest BCUT2D eigenvalue weighted by molar-refractivity contribution is -0.143. The Morgan fingerprint density at radius 3 is 2.50 bits per heavy atom. The number of alkyl halides is 3. The molecule has 2 aromatic rings. The molecule has 24 heavy (non-hydrogen) atoms. The lowest BCUT2D eigenvalue weighted by atomic mass is 10.3. The highest BCUT2D eigenvalue weighted by atomic mass is 35.5. The summed E-state index contributed by atoms with van der Waals surface area (Å²) in [6, 6.07) is 0. The molecule has 0 bridgehead atoms. The van der Waals surface area contributed by atoms with Gasteiger partial charge >= 0.3 is 6.18 Å². The molecule has 0 aromatic carbocycles. The van der Waals surface area contributed by atoms with Crippen LogP contribution in [0.5, 0.6) is 0 Å². The minimum Gasteiger partial charge on any atom is -0.334 e. The summed E-state index contributed by atoms with van der Waals surface area (Å²) in [6.45, 7) is 2.44. The smallest absolute Gasteiger partial charge is 0.334 e. The minimum absolute atomic E-state index is 0.0553. The van der Waals surface area contributed by atoms with E-state index in [9.17, 15) is 18.0 Å². The molecule has 0 N–H and O–H groups in total. The summed E-state index contributed by atoms with van der Waals surface area (Å²) in [4.78, 5) is 13.6. The fourth-order valence-electron chi connectivity index (χ4n) is 2.24. The fourth-order valence-corrected chi connectivity index (χ4v) is 2.79. The summed E-state index contributed by atoms with van der Waals surface area (Å²) in [5, 5.41) is 7.29. The first kappa shape index (κ1) is 18.6. The highest BCUT2D eigenvalue weighted by Crippen LogP contribution is 2.36. The van der Waals surface area contributed by atoms with E-state index in [1.807, 2.05) is 6.92 Å². The third-order valence-corrected chi connectivity index (χ3v) is 4.07. The molecule has 0 radical (unpaired) electrons. The molecule has 0 atom stereocenters. The van der Waals surface area contributed by atoms with Crippen LogP contribution in [0.4, 0.5) is 13.2 Å². The normalized spacial score (nSPS) is 11.8. The maximum atomic E-state index is 12.9.